The summed E-state index contributed by atoms with van der Waals surface area (Å²) in [5, 5.41) is 3.35. The average molecular weight is 280 g/mol. The molecule has 0 aliphatic rings. The molecule has 1 N–H and O–H groups in total. The molecule has 2 aromatic heterocycles. The van der Waals surface area contributed by atoms with Crippen LogP contribution in [0.5, 0.6) is 0 Å². The van der Waals surface area contributed by atoms with E-state index in [0.717, 1.165) is 22.4 Å². The summed E-state index contributed by atoms with van der Waals surface area (Å²) < 4.78 is 3.00. The fourth-order valence-corrected chi connectivity index (χ4v) is 1.74. The minimum absolute atomic E-state index is 0.812. The van der Waals surface area contributed by atoms with Gasteiger partial charge in [0.15, 0.2) is 0 Å². The van der Waals surface area contributed by atoms with Crippen LogP contribution in [0.4, 0.5) is 5.69 Å². The van der Waals surface area contributed by atoms with Gasteiger partial charge >= 0.3 is 0 Å². The maximum absolute atomic E-state index is 4.25. The van der Waals surface area contributed by atoms with E-state index in [1.807, 2.05) is 32.4 Å². The van der Waals surface area contributed by atoms with Crippen molar-refractivity contribution in [1.29, 1.82) is 0 Å². The number of aromatic nitrogens is 2. The number of rotatable bonds is 3. The lowest BCUT2D eigenvalue weighted by Gasteiger charge is -2.08. The summed E-state index contributed by atoms with van der Waals surface area (Å²) >= 11 is 3.39. The Morgan fingerprint density at radius 2 is 2.31 bits per heavy atom. The van der Waals surface area contributed by atoms with E-state index >= 15 is 0 Å². The minimum atomic E-state index is 0.812. The zero-order valence-corrected chi connectivity index (χ0v) is 11.0. The van der Waals surface area contributed by atoms with Crippen LogP contribution < -0.4 is 5.32 Å². The van der Waals surface area contributed by atoms with Gasteiger partial charge in [-0.05, 0) is 46.6 Å². The highest BCUT2D eigenvalue weighted by atomic mass is 79.9. The Kier molecular flexibility index (Phi) is 3.29. The molecule has 0 atom stereocenters. The topological polar surface area (TPSA) is 29.9 Å². The highest BCUT2D eigenvalue weighted by Gasteiger charge is 2.00. The summed E-state index contributed by atoms with van der Waals surface area (Å²) in [5.74, 6) is 0. The third-order valence-corrected chi connectivity index (χ3v) is 3.37. The summed E-state index contributed by atoms with van der Waals surface area (Å²) in [6, 6.07) is 6.23. The van der Waals surface area contributed by atoms with E-state index in [1.165, 1.54) is 5.69 Å². The van der Waals surface area contributed by atoms with Gasteiger partial charge in [0.1, 0.15) is 4.60 Å². The van der Waals surface area contributed by atoms with E-state index in [1.54, 1.807) is 0 Å². The van der Waals surface area contributed by atoms with Crippen LogP contribution in [0.25, 0.3) is 0 Å². The molecule has 0 spiro atoms. The van der Waals surface area contributed by atoms with Crippen LogP contribution >= 0.6 is 15.9 Å². The molecule has 0 radical (unpaired) electrons. The second-order valence-electron chi connectivity index (χ2n) is 3.80. The fourth-order valence-electron chi connectivity index (χ4n) is 1.53. The first-order valence-electron chi connectivity index (χ1n) is 5.13. The van der Waals surface area contributed by atoms with Crippen LogP contribution in [0.2, 0.25) is 0 Å². The maximum Gasteiger partial charge on any atom is 0.109 e. The van der Waals surface area contributed by atoms with Crippen molar-refractivity contribution >= 4 is 21.6 Å². The molecule has 2 heterocycles. The summed E-state index contributed by atoms with van der Waals surface area (Å²) in [7, 11) is 2.04. The molecule has 0 amide bonds. The fraction of sp³-hybridized carbons (Fsp3) is 0.250. The van der Waals surface area contributed by atoms with Crippen molar-refractivity contribution < 1.29 is 0 Å². The Balaban J connectivity index is 2.05. The van der Waals surface area contributed by atoms with E-state index in [2.05, 4.69) is 42.9 Å². The Morgan fingerprint density at radius 3 is 2.94 bits per heavy atom. The van der Waals surface area contributed by atoms with Crippen molar-refractivity contribution in [1.82, 2.24) is 9.55 Å². The standard InChI is InChI=1S/C12H14BrN3/c1-9-6-10(7-15-12(9)13)14-8-11-4-3-5-16(11)2/h3-7,14H,8H2,1-2H3. The van der Waals surface area contributed by atoms with Crippen molar-refractivity contribution in [2.75, 3.05) is 5.32 Å². The molecule has 0 fully saturated rings. The molecule has 0 aliphatic heterocycles. The van der Waals surface area contributed by atoms with Gasteiger partial charge in [0.05, 0.1) is 18.4 Å². The molecule has 4 heteroatoms. The van der Waals surface area contributed by atoms with Crippen LogP contribution in [0.15, 0.2) is 35.2 Å². The highest BCUT2D eigenvalue weighted by molar-refractivity contribution is 9.10. The SMILES string of the molecule is Cc1cc(NCc2cccn2C)cnc1Br. The van der Waals surface area contributed by atoms with Gasteiger partial charge in [-0.2, -0.15) is 0 Å². The van der Waals surface area contributed by atoms with Crippen molar-refractivity contribution in [2.24, 2.45) is 7.05 Å². The van der Waals surface area contributed by atoms with Crippen molar-refractivity contribution in [3.8, 4) is 0 Å². The first-order valence-corrected chi connectivity index (χ1v) is 5.92. The summed E-state index contributed by atoms with van der Waals surface area (Å²) in [6.07, 6.45) is 3.88. The second-order valence-corrected chi connectivity index (χ2v) is 4.55. The van der Waals surface area contributed by atoms with Crippen molar-refractivity contribution in [3.63, 3.8) is 0 Å². The predicted octanol–water partition coefficient (Wildman–Crippen LogP) is 3.10. The van der Waals surface area contributed by atoms with Crippen LogP contribution in [0, 0.1) is 6.92 Å². The van der Waals surface area contributed by atoms with E-state index < -0.39 is 0 Å². The Labute approximate surface area is 104 Å². The van der Waals surface area contributed by atoms with Gasteiger partial charge in [0, 0.05) is 18.9 Å². The molecule has 2 rings (SSSR count). The first kappa shape index (κ1) is 11.2. The number of nitrogens with one attached hydrogen (secondary N) is 1. The smallest absolute Gasteiger partial charge is 0.109 e. The van der Waals surface area contributed by atoms with Crippen LogP contribution in [0.3, 0.4) is 0 Å². The molecule has 0 aromatic carbocycles. The zero-order valence-electron chi connectivity index (χ0n) is 9.37. The monoisotopic (exact) mass is 279 g/mol. The van der Waals surface area contributed by atoms with Crippen LogP contribution in [-0.2, 0) is 13.6 Å². The summed E-state index contributed by atoms with van der Waals surface area (Å²) in [4.78, 5) is 4.25. The Hall–Kier alpha value is -1.29. The van der Waals surface area contributed by atoms with Crippen LogP contribution in [-0.4, -0.2) is 9.55 Å². The van der Waals surface area contributed by atoms with Gasteiger partial charge in [0.2, 0.25) is 0 Å². The summed E-state index contributed by atoms with van der Waals surface area (Å²) in [6.45, 7) is 2.84. The van der Waals surface area contributed by atoms with Gasteiger partial charge in [-0.3, -0.25) is 0 Å². The minimum Gasteiger partial charge on any atom is -0.378 e. The molecule has 2 aromatic rings. The molecule has 3 nitrogen and oxygen atoms in total. The van der Waals surface area contributed by atoms with Crippen molar-refractivity contribution in [3.05, 3.63) is 46.5 Å². The number of hydrogen-bond donors (Lipinski definition) is 1. The maximum atomic E-state index is 4.25. The Morgan fingerprint density at radius 1 is 1.50 bits per heavy atom. The molecular formula is C12H14BrN3. The lowest BCUT2D eigenvalue weighted by molar-refractivity contribution is 0.842. The van der Waals surface area contributed by atoms with Gasteiger partial charge in [-0.1, -0.05) is 0 Å². The van der Waals surface area contributed by atoms with Gasteiger partial charge in [0.25, 0.3) is 0 Å². The van der Waals surface area contributed by atoms with E-state index in [-0.39, 0.29) is 0 Å². The molecule has 0 bridgehead atoms. The lowest BCUT2D eigenvalue weighted by atomic mass is 10.3. The highest BCUT2D eigenvalue weighted by Crippen LogP contribution is 2.17. The lowest BCUT2D eigenvalue weighted by Crippen LogP contribution is -2.04. The molecule has 16 heavy (non-hydrogen) atoms. The van der Waals surface area contributed by atoms with E-state index in [4.69, 9.17) is 0 Å². The van der Waals surface area contributed by atoms with E-state index in [9.17, 15) is 0 Å². The average Bonchev–Trinajstić information content (AvgIpc) is 2.66. The van der Waals surface area contributed by atoms with Gasteiger partial charge in [-0.15, -0.1) is 0 Å². The first-order chi connectivity index (χ1) is 7.66. The quantitative estimate of drug-likeness (QED) is 0.875. The number of hydrogen-bond acceptors (Lipinski definition) is 2. The third-order valence-electron chi connectivity index (χ3n) is 2.54. The van der Waals surface area contributed by atoms with Gasteiger partial charge in [-0.25, -0.2) is 4.98 Å². The molecule has 0 unspecified atom stereocenters. The predicted molar refractivity (Wildman–Crippen MR) is 69.4 cm³/mol. The van der Waals surface area contributed by atoms with E-state index in [0.29, 0.717) is 0 Å². The third kappa shape index (κ3) is 2.44. The molecule has 0 saturated heterocycles. The number of anilines is 1. The normalized spacial score (nSPS) is 10.4. The Bertz CT molecular complexity index is 491. The molecule has 0 aliphatic carbocycles. The molecule has 0 saturated carbocycles. The molecule has 84 valence electrons. The van der Waals surface area contributed by atoms with Crippen molar-refractivity contribution in [2.45, 2.75) is 13.5 Å². The number of pyridine rings is 1. The largest absolute Gasteiger partial charge is 0.378 e. The number of nitrogens with zero attached hydrogens (tertiary/aromatic N) is 2. The summed E-state index contributed by atoms with van der Waals surface area (Å²) in [5.41, 5.74) is 3.43. The number of halogens is 1. The molecular weight excluding hydrogens is 266 g/mol. The van der Waals surface area contributed by atoms with Gasteiger partial charge < -0.3 is 9.88 Å². The zero-order chi connectivity index (χ0) is 11.5. The number of aryl methyl sites for hydroxylation is 2. The second kappa shape index (κ2) is 4.70. The van der Waals surface area contributed by atoms with Crippen LogP contribution in [0.1, 0.15) is 11.3 Å².